The lowest BCUT2D eigenvalue weighted by molar-refractivity contribution is -0.274. The van der Waals surface area contributed by atoms with Crippen molar-refractivity contribution in [2.45, 2.75) is 39.2 Å². The molecule has 0 atom stereocenters. The predicted molar refractivity (Wildman–Crippen MR) is 167 cm³/mol. The molecule has 2 heterocycles. The van der Waals surface area contributed by atoms with Gasteiger partial charge in [0.25, 0.3) is 0 Å². The van der Waals surface area contributed by atoms with Crippen LogP contribution in [0.15, 0.2) is 72.0 Å². The van der Waals surface area contributed by atoms with Gasteiger partial charge in [0.2, 0.25) is 5.91 Å². The third-order valence-corrected chi connectivity index (χ3v) is 7.70. The Labute approximate surface area is 273 Å². The SMILES string of the molecule is CCc1cc(-c2ncn(-c3ccc(OC(F)(F)F)cc3)n2)ccc1NC(=O)/N=C1\SCC(=O)N1c1cc(C)ccc1OCCC(F)(F)F. The number of rotatable bonds is 9. The minimum atomic E-state index is -4.81. The molecule has 10 nitrogen and oxygen atoms in total. The Morgan fingerprint density at radius 1 is 1.04 bits per heavy atom. The number of hydrogen-bond acceptors (Lipinski definition) is 7. The van der Waals surface area contributed by atoms with E-state index in [4.69, 9.17) is 4.74 Å². The number of benzene rings is 3. The summed E-state index contributed by atoms with van der Waals surface area (Å²) in [4.78, 5) is 35.4. The van der Waals surface area contributed by atoms with Gasteiger partial charge in [-0.1, -0.05) is 24.8 Å². The zero-order chi connectivity index (χ0) is 34.6. The second-order valence-corrected chi connectivity index (χ2v) is 11.2. The van der Waals surface area contributed by atoms with E-state index in [0.717, 1.165) is 28.8 Å². The molecule has 48 heavy (non-hydrogen) atoms. The summed E-state index contributed by atoms with van der Waals surface area (Å²) < 4.78 is 86.1. The smallest absolute Gasteiger partial charge is 0.491 e. The van der Waals surface area contributed by atoms with E-state index < -0.39 is 37.5 Å². The standard InChI is InChI=1S/C31H26F6N6O4S/c1-3-19-15-20(27-38-17-42(41-27)21-6-8-22(9-7-21)47-31(35,36)37)5-10-23(19)39-28(45)40-29-43(26(44)16-48-29)24-14-18(2)4-11-25(24)46-13-12-30(32,33)34/h4-11,14-15,17H,3,12-13,16H2,1-2H3,(H,39,45)/b40-29-. The summed E-state index contributed by atoms with van der Waals surface area (Å²) in [5, 5.41) is 7.15. The van der Waals surface area contributed by atoms with Crippen LogP contribution in [0.5, 0.6) is 11.5 Å². The first-order valence-corrected chi connectivity index (χ1v) is 15.2. The van der Waals surface area contributed by atoms with Crippen molar-refractivity contribution < 1.29 is 45.4 Å². The number of carbonyl (C=O) groups is 2. The van der Waals surface area contributed by atoms with Crippen LogP contribution in [0, 0.1) is 6.92 Å². The maximum atomic E-state index is 13.1. The number of carbonyl (C=O) groups excluding carboxylic acids is 2. The van der Waals surface area contributed by atoms with E-state index >= 15 is 0 Å². The zero-order valence-electron chi connectivity index (χ0n) is 25.2. The number of nitrogens with zero attached hydrogens (tertiary/aromatic N) is 5. The number of thioether (sulfide) groups is 1. The summed E-state index contributed by atoms with van der Waals surface area (Å²) in [6, 6.07) is 14.1. The van der Waals surface area contributed by atoms with Gasteiger partial charge in [0.15, 0.2) is 11.0 Å². The Morgan fingerprint density at radius 3 is 2.48 bits per heavy atom. The van der Waals surface area contributed by atoms with Crippen molar-refractivity contribution in [1.29, 1.82) is 0 Å². The van der Waals surface area contributed by atoms with Crippen molar-refractivity contribution in [2.75, 3.05) is 22.6 Å². The van der Waals surface area contributed by atoms with Gasteiger partial charge in [0.05, 0.1) is 30.2 Å². The average Bonchev–Trinajstić information content (AvgIpc) is 3.64. The first-order chi connectivity index (χ1) is 22.7. The van der Waals surface area contributed by atoms with Crippen LogP contribution in [0.25, 0.3) is 17.1 Å². The van der Waals surface area contributed by atoms with Gasteiger partial charge in [0, 0.05) is 11.3 Å². The van der Waals surface area contributed by atoms with Crippen LogP contribution in [0.1, 0.15) is 24.5 Å². The molecule has 1 saturated heterocycles. The van der Waals surface area contributed by atoms with Crippen molar-refractivity contribution in [3.8, 4) is 28.6 Å². The molecule has 4 aromatic rings. The minimum Gasteiger partial charge on any atom is -0.491 e. The molecule has 0 spiro atoms. The highest BCUT2D eigenvalue weighted by Gasteiger charge is 2.34. The number of aryl methyl sites for hydroxylation is 2. The number of ether oxygens (including phenoxy) is 2. The molecule has 1 N–H and O–H groups in total. The fourth-order valence-electron chi connectivity index (χ4n) is 4.58. The number of aromatic nitrogens is 3. The van der Waals surface area contributed by atoms with Crippen LogP contribution in [0.3, 0.4) is 0 Å². The third kappa shape index (κ3) is 8.64. The number of amides is 3. The lowest BCUT2D eigenvalue weighted by Crippen LogP contribution is -2.31. The van der Waals surface area contributed by atoms with Gasteiger partial charge < -0.3 is 14.8 Å². The highest BCUT2D eigenvalue weighted by atomic mass is 32.2. The van der Waals surface area contributed by atoms with Crippen molar-refractivity contribution in [3.63, 3.8) is 0 Å². The van der Waals surface area contributed by atoms with Crippen LogP contribution in [-0.2, 0) is 11.2 Å². The largest absolute Gasteiger partial charge is 0.573 e. The summed E-state index contributed by atoms with van der Waals surface area (Å²) in [6.45, 7) is 2.95. The number of urea groups is 1. The fraction of sp³-hybridized carbons (Fsp3) is 0.258. The van der Waals surface area contributed by atoms with Crippen LogP contribution in [0.2, 0.25) is 0 Å². The molecule has 17 heteroatoms. The molecule has 0 unspecified atom stereocenters. The number of halogens is 6. The number of amidine groups is 1. The van der Waals surface area contributed by atoms with Gasteiger partial charge in [-0.15, -0.1) is 18.3 Å². The van der Waals surface area contributed by atoms with E-state index in [9.17, 15) is 35.9 Å². The number of alkyl halides is 6. The van der Waals surface area contributed by atoms with Crippen LogP contribution >= 0.6 is 11.8 Å². The highest BCUT2D eigenvalue weighted by Crippen LogP contribution is 2.36. The van der Waals surface area contributed by atoms with Crippen molar-refractivity contribution in [3.05, 3.63) is 78.1 Å². The van der Waals surface area contributed by atoms with E-state index in [1.54, 1.807) is 37.3 Å². The lowest BCUT2D eigenvalue weighted by Gasteiger charge is -2.21. The first kappa shape index (κ1) is 34.3. The molecule has 1 aliphatic rings. The summed E-state index contributed by atoms with van der Waals surface area (Å²) in [5.41, 5.74) is 3.08. The topological polar surface area (TPSA) is 111 Å². The summed E-state index contributed by atoms with van der Waals surface area (Å²) in [5.74, 6) is -0.472. The highest BCUT2D eigenvalue weighted by molar-refractivity contribution is 8.15. The number of hydrogen-bond donors (Lipinski definition) is 1. The van der Waals surface area contributed by atoms with Crippen molar-refractivity contribution >= 4 is 40.2 Å². The van der Waals surface area contributed by atoms with Crippen molar-refractivity contribution in [2.24, 2.45) is 4.99 Å². The Balaban J connectivity index is 1.31. The Hall–Kier alpha value is -5.06. The molecule has 0 radical (unpaired) electrons. The molecule has 1 aliphatic heterocycles. The van der Waals surface area contributed by atoms with Gasteiger partial charge in [-0.05, 0) is 79.1 Å². The van der Waals surface area contributed by atoms with Gasteiger partial charge in [-0.2, -0.15) is 18.2 Å². The zero-order valence-corrected chi connectivity index (χ0v) is 26.0. The molecule has 5 rings (SSSR count). The minimum absolute atomic E-state index is 0.0335. The molecule has 252 valence electrons. The second-order valence-electron chi connectivity index (χ2n) is 10.3. The van der Waals surface area contributed by atoms with E-state index in [2.05, 4.69) is 25.1 Å². The van der Waals surface area contributed by atoms with Crippen LogP contribution in [0.4, 0.5) is 42.5 Å². The molecule has 1 aromatic heterocycles. The van der Waals surface area contributed by atoms with E-state index in [1.807, 2.05) is 6.92 Å². The predicted octanol–water partition coefficient (Wildman–Crippen LogP) is 7.70. The molecule has 1 fully saturated rings. The van der Waals surface area contributed by atoms with Gasteiger partial charge in [-0.25, -0.2) is 14.5 Å². The molecule has 0 bridgehead atoms. The van der Waals surface area contributed by atoms with Crippen LogP contribution in [-0.4, -0.2) is 56.8 Å². The Kier molecular flexibility index (Phi) is 9.98. The normalized spacial score (nSPS) is 14.5. The van der Waals surface area contributed by atoms with E-state index in [-0.39, 0.29) is 28.1 Å². The fourth-order valence-corrected chi connectivity index (χ4v) is 5.44. The maximum absolute atomic E-state index is 13.1. The summed E-state index contributed by atoms with van der Waals surface area (Å²) in [6.07, 6.45) is -8.52. The average molecular weight is 693 g/mol. The van der Waals surface area contributed by atoms with Gasteiger partial charge in [-0.3, -0.25) is 9.69 Å². The third-order valence-electron chi connectivity index (χ3n) is 6.77. The molecule has 3 aromatic carbocycles. The van der Waals surface area contributed by atoms with Gasteiger partial charge >= 0.3 is 18.6 Å². The quantitative estimate of drug-likeness (QED) is 0.179. The summed E-state index contributed by atoms with van der Waals surface area (Å²) >= 11 is 1.00. The summed E-state index contributed by atoms with van der Waals surface area (Å²) in [7, 11) is 0. The monoisotopic (exact) mass is 692 g/mol. The van der Waals surface area contributed by atoms with Crippen molar-refractivity contribution in [1.82, 2.24) is 14.8 Å². The molecular formula is C31H26F6N6O4S. The molecular weight excluding hydrogens is 666 g/mol. The lowest BCUT2D eigenvalue weighted by atomic mass is 10.1. The molecule has 0 aliphatic carbocycles. The number of anilines is 2. The number of aliphatic imine (C=N–C) groups is 1. The maximum Gasteiger partial charge on any atom is 0.573 e. The van der Waals surface area contributed by atoms with Gasteiger partial charge in [0.1, 0.15) is 17.8 Å². The Morgan fingerprint density at radius 2 is 1.79 bits per heavy atom. The Bertz CT molecular complexity index is 1840. The molecule has 3 amide bonds. The van der Waals surface area contributed by atoms with Crippen LogP contribution < -0.4 is 19.7 Å². The first-order valence-electron chi connectivity index (χ1n) is 14.3. The van der Waals surface area contributed by atoms with E-state index in [0.29, 0.717) is 40.3 Å². The molecule has 0 saturated carbocycles. The second kappa shape index (κ2) is 14.0. The number of nitrogens with one attached hydrogen (secondary N) is 1. The van der Waals surface area contributed by atoms with E-state index in [1.165, 1.54) is 29.2 Å².